The van der Waals surface area contributed by atoms with Gasteiger partial charge in [0.25, 0.3) is 0 Å². The zero-order chi connectivity index (χ0) is 14.4. The Morgan fingerprint density at radius 2 is 1.89 bits per heavy atom. The maximum Gasteiger partial charge on any atom is 0.411 e. The zero-order valence-electron chi connectivity index (χ0n) is 10.5. The summed E-state index contributed by atoms with van der Waals surface area (Å²) in [7, 11) is 0. The molecular formula is C12H13ClFNO4. The molecule has 0 atom stereocenters. The molecule has 1 amide bonds. The molecule has 104 valence electrons. The third-order valence-corrected chi connectivity index (χ3v) is 2.33. The molecule has 0 saturated heterocycles. The van der Waals surface area contributed by atoms with Crippen LogP contribution in [0, 0.1) is 5.82 Å². The number of halogens is 2. The van der Waals surface area contributed by atoms with Crippen molar-refractivity contribution in [3.05, 3.63) is 28.5 Å². The lowest BCUT2D eigenvalue weighted by atomic mass is 10.2. The van der Waals surface area contributed by atoms with Crippen molar-refractivity contribution in [3.8, 4) is 0 Å². The Balaban J connectivity index is 3.03. The summed E-state index contributed by atoms with van der Waals surface area (Å²) in [5.74, 6) is -1.50. The van der Waals surface area contributed by atoms with Gasteiger partial charge in [0.2, 0.25) is 0 Å². The predicted molar refractivity (Wildman–Crippen MR) is 68.0 cm³/mol. The van der Waals surface area contributed by atoms with Crippen molar-refractivity contribution in [2.75, 3.05) is 18.5 Å². The molecular weight excluding hydrogens is 277 g/mol. The second-order valence-electron chi connectivity index (χ2n) is 3.39. The van der Waals surface area contributed by atoms with E-state index in [2.05, 4.69) is 10.1 Å². The van der Waals surface area contributed by atoms with Crippen molar-refractivity contribution in [3.63, 3.8) is 0 Å². The molecule has 5 nitrogen and oxygen atoms in total. The first-order valence-corrected chi connectivity index (χ1v) is 5.97. The molecule has 0 spiro atoms. The molecule has 0 radical (unpaired) electrons. The molecule has 0 unspecified atom stereocenters. The normalized spacial score (nSPS) is 9.89. The summed E-state index contributed by atoms with van der Waals surface area (Å²) in [5.41, 5.74) is -0.200. The van der Waals surface area contributed by atoms with Gasteiger partial charge < -0.3 is 9.47 Å². The monoisotopic (exact) mass is 289 g/mol. The molecule has 7 heteroatoms. The highest BCUT2D eigenvalue weighted by Crippen LogP contribution is 2.25. The number of esters is 1. The largest absolute Gasteiger partial charge is 0.462 e. The Bertz CT molecular complexity index is 493. The van der Waals surface area contributed by atoms with Crippen LogP contribution in [-0.2, 0) is 9.47 Å². The number of carbonyl (C=O) groups excluding carboxylic acids is 2. The van der Waals surface area contributed by atoms with E-state index in [9.17, 15) is 14.0 Å². The molecule has 1 rings (SSSR count). The summed E-state index contributed by atoms with van der Waals surface area (Å²) in [5, 5.41) is 1.87. The Kier molecular flexibility index (Phi) is 5.57. The average molecular weight is 290 g/mol. The third-order valence-electron chi connectivity index (χ3n) is 2.05. The van der Waals surface area contributed by atoms with Crippen molar-refractivity contribution >= 4 is 29.4 Å². The molecule has 0 aliphatic heterocycles. The van der Waals surface area contributed by atoms with E-state index in [1.807, 2.05) is 0 Å². The molecule has 0 aromatic heterocycles. The van der Waals surface area contributed by atoms with Gasteiger partial charge in [-0.3, -0.25) is 5.32 Å². The smallest absolute Gasteiger partial charge is 0.411 e. The summed E-state index contributed by atoms with van der Waals surface area (Å²) < 4.78 is 23.1. The number of hydrogen-bond donors (Lipinski definition) is 1. The Labute approximate surface area is 114 Å². The van der Waals surface area contributed by atoms with Crippen molar-refractivity contribution in [2.45, 2.75) is 13.8 Å². The fraction of sp³-hybridized carbons (Fsp3) is 0.333. The van der Waals surface area contributed by atoms with Gasteiger partial charge in [-0.2, -0.15) is 0 Å². The number of nitrogens with one attached hydrogen (secondary N) is 1. The summed E-state index contributed by atoms with van der Waals surface area (Å²) in [6, 6.07) is 2.27. The predicted octanol–water partition coefficient (Wildman–Crippen LogP) is 3.22. The van der Waals surface area contributed by atoms with Crippen LogP contribution in [0.4, 0.5) is 14.9 Å². The minimum absolute atomic E-state index is 0.0417. The first-order chi connectivity index (χ1) is 8.99. The van der Waals surface area contributed by atoms with Crippen LogP contribution in [0.1, 0.15) is 24.2 Å². The first-order valence-electron chi connectivity index (χ1n) is 5.59. The van der Waals surface area contributed by atoms with E-state index in [4.69, 9.17) is 16.3 Å². The van der Waals surface area contributed by atoms with Gasteiger partial charge in [0.05, 0.1) is 29.5 Å². The maximum atomic E-state index is 13.7. The third kappa shape index (κ3) is 4.10. The van der Waals surface area contributed by atoms with Crippen LogP contribution in [0.3, 0.4) is 0 Å². The summed E-state index contributed by atoms with van der Waals surface area (Å²) in [6.07, 6.45) is -0.835. The van der Waals surface area contributed by atoms with Crippen molar-refractivity contribution in [1.29, 1.82) is 0 Å². The number of anilines is 1. The highest BCUT2D eigenvalue weighted by Gasteiger charge is 2.16. The highest BCUT2D eigenvalue weighted by atomic mass is 35.5. The lowest BCUT2D eigenvalue weighted by molar-refractivity contribution is 0.0526. The summed E-state index contributed by atoms with van der Waals surface area (Å²) in [4.78, 5) is 22.7. The van der Waals surface area contributed by atoms with Gasteiger partial charge in [-0.1, -0.05) is 11.6 Å². The molecule has 19 heavy (non-hydrogen) atoms. The lowest BCUT2D eigenvalue weighted by Crippen LogP contribution is -2.15. The van der Waals surface area contributed by atoms with Gasteiger partial charge >= 0.3 is 12.1 Å². The van der Waals surface area contributed by atoms with Gasteiger partial charge in [-0.15, -0.1) is 0 Å². The number of hydrogen-bond acceptors (Lipinski definition) is 4. The number of benzene rings is 1. The van der Waals surface area contributed by atoms with Gasteiger partial charge in [0.15, 0.2) is 5.82 Å². The first kappa shape index (κ1) is 15.2. The van der Waals surface area contributed by atoms with Crippen LogP contribution in [-0.4, -0.2) is 25.3 Å². The van der Waals surface area contributed by atoms with Gasteiger partial charge in [-0.05, 0) is 26.0 Å². The molecule has 0 fully saturated rings. The van der Waals surface area contributed by atoms with E-state index >= 15 is 0 Å². The molecule has 0 saturated carbocycles. The average Bonchev–Trinajstić information content (AvgIpc) is 2.35. The van der Waals surface area contributed by atoms with Gasteiger partial charge in [-0.25, -0.2) is 14.0 Å². The summed E-state index contributed by atoms with van der Waals surface area (Å²) in [6.45, 7) is 3.56. The van der Waals surface area contributed by atoms with Gasteiger partial charge in [0, 0.05) is 0 Å². The van der Waals surface area contributed by atoms with Crippen LogP contribution in [0.25, 0.3) is 0 Å². The fourth-order valence-electron chi connectivity index (χ4n) is 1.29. The van der Waals surface area contributed by atoms with Crippen LogP contribution < -0.4 is 5.32 Å². The fourth-order valence-corrected chi connectivity index (χ4v) is 1.51. The minimum atomic E-state index is -0.845. The minimum Gasteiger partial charge on any atom is -0.462 e. The highest BCUT2D eigenvalue weighted by molar-refractivity contribution is 6.31. The standard InChI is InChI=1S/C12H13ClFNO4/c1-3-18-11(16)7-5-8(13)10(14)9(6-7)15-12(17)19-4-2/h5-6H,3-4H2,1-2H3,(H,15,17). The van der Waals surface area contributed by atoms with E-state index < -0.39 is 17.9 Å². The topological polar surface area (TPSA) is 64.6 Å². The second kappa shape index (κ2) is 6.94. The number of amides is 1. The van der Waals surface area contributed by atoms with Crippen LogP contribution in [0.5, 0.6) is 0 Å². The lowest BCUT2D eigenvalue weighted by Gasteiger charge is -2.09. The number of ether oxygens (including phenoxy) is 2. The zero-order valence-corrected chi connectivity index (χ0v) is 11.2. The molecule has 1 aromatic rings. The molecule has 0 aliphatic carbocycles. The maximum absolute atomic E-state index is 13.7. The van der Waals surface area contributed by atoms with Crippen molar-refractivity contribution in [2.24, 2.45) is 0 Å². The van der Waals surface area contributed by atoms with Crippen LogP contribution >= 0.6 is 11.6 Å². The second-order valence-corrected chi connectivity index (χ2v) is 3.79. The SMILES string of the molecule is CCOC(=O)Nc1cc(C(=O)OCC)cc(Cl)c1F. The van der Waals surface area contributed by atoms with Crippen molar-refractivity contribution in [1.82, 2.24) is 0 Å². The van der Waals surface area contributed by atoms with Crippen LogP contribution in [0.2, 0.25) is 5.02 Å². The number of rotatable bonds is 4. The van der Waals surface area contributed by atoms with Crippen molar-refractivity contribution < 1.29 is 23.5 Å². The van der Waals surface area contributed by atoms with E-state index in [-0.39, 0.29) is 29.5 Å². The molecule has 1 N–H and O–H groups in total. The van der Waals surface area contributed by atoms with E-state index in [0.717, 1.165) is 12.1 Å². The Morgan fingerprint density at radius 1 is 1.26 bits per heavy atom. The van der Waals surface area contributed by atoms with E-state index in [1.165, 1.54) is 0 Å². The number of carbonyl (C=O) groups is 2. The van der Waals surface area contributed by atoms with Gasteiger partial charge in [0.1, 0.15) is 0 Å². The molecule has 0 bridgehead atoms. The summed E-state index contributed by atoms with van der Waals surface area (Å²) >= 11 is 5.65. The van der Waals surface area contributed by atoms with E-state index in [1.54, 1.807) is 13.8 Å². The Morgan fingerprint density at radius 3 is 2.47 bits per heavy atom. The molecule has 0 heterocycles. The molecule has 0 aliphatic rings. The van der Waals surface area contributed by atoms with E-state index in [0.29, 0.717) is 0 Å². The quantitative estimate of drug-likeness (QED) is 0.864. The molecule has 1 aromatic carbocycles. The Hall–Kier alpha value is -1.82. The van der Waals surface area contributed by atoms with Crippen LogP contribution in [0.15, 0.2) is 12.1 Å².